The number of hydrogen-bond acceptors (Lipinski definition) is 3. The Kier molecular flexibility index (Phi) is 7.96. The van der Waals surface area contributed by atoms with Gasteiger partial charge in [-0.2, -0.15) is 0 Å². The second kappa shape index (κ2) is 10.0. The number of benzene rings is 2. The summed E-state index contributed by atoms with van der Waals surface area (Å²) in [4.78, 5) is 19.5. The van der Waals surface area contributed by atoms with Crippen LogP contribution in [0.4, 0.5) is 14.5 Å². The van der Waals surface area contributed by atoms with Crippen LogP contribution in [0.5, 0.6) is 0 Å². The van der Waals surface area contributed by atoms with E-state index in [1.54, 1.807) is 18.2 Å². The molecule has 9 heteroatoms. The maximum atomic E-state index is 14.0. The normalized spacial score (nSPS) is 15.6. The Labute approximate surface area is 179 Å². The summed E-state index contributed by atoms with van der Waals surface area (Å²) in [6, 6.07) is 8.48. The molecule has 4 rings (SSSR count). The first-order valence-electron chi connectivity index (χ1n) is 9.04. The highest BCUT2D eigenvalue weighted by molar-refractivity contribution is 5.93. The fourth-order valence-corrected chi connectivity index (χ4v) is 3.41. The number of imidazole rings is 1. The Morgan fingerprint density at radius 1 is 1.17 bits per heavy atom. The number of H-pyrrole nitrogens is 1. The van der Waals surface area contributed by atoms with E-state index in [1.165, 1.54) is 0 Å². The molecule has 3 aromatic rings. The molecule has 3 N–H and O–H groups in total. The number of rotatable bonds is 5. The fourth-order valence-electron chi connectivity index (χ4n) is 3.41. The molecule has 1 fully saturated rings. The second-order valence-electron chi connectivity index (χ2n) is 6.89. The molecule has 0 bridgehead atoms. The van der Waals surface area contributed by atoms with Crippen LogP contribution >= 0.6 is 24.8 Å². The lowest BCUT2D eigenvalue weighted by atomic mass is 10.0. The molecule has 1 unspecified atom stereocenters. The summed E-state index contributed by atoms with van der Waals surface area (Å²) >= 11 is 0. The summed E-state index contributed by atoms with van der Waals surface area (Å²) in [6.45, 7) is 2.00. The summed E-state index contributed by atoms with van der Waals surface area (Å²) in [6.07, 6.45) is 2.47. The zero-order valence-corrected chi connectivity index (χ0v) is 17.1. The van der Waals surface area contributed by atoms with Crippen LogP contribution in [0.25, 0.3) is 22.4 Å². The number of nitrogens with one attached hydrogen (secondary N) is 3. The van der Waals surface area contributed by atoms with Crippen LogP contribution in [0, 0.1) is 17.6 Å². The van der Waals surface area contributed by atoms with Gasteiger partial charge < -0.3 is 15.6 Å². The molecule has 1 aliphatic rings. The van der Waals surface area contributed by atoms with E-state index in [2.05, 4.69) is 20.6 Å². The maximum Gasteiger partial charge on any atom is 0.224 e. The molecule has 156 valence electrons. The number of carbonyl (C=O) groups excluding carboxylic acids is 1. The van der Waals surface area contributed by atoms with Gasteiger partial charge in [0.15, 0.2) is 0 Å². The third-order valence-corrected chi connectivity index (χ3v) is 4.89. The van der Waals surface area contributed by atoms with Gasteiger partial charge in [-0.25, -0.2) is 13.8 Å². The maximum absolute atomic E-state index is 14.0. The Balaban J connectivity index is 0.00000150. The number of anilines is 1. The molecule has 2 aromatic carbocycles. The minimum Gasteiger partial charge on any atom is -0.338 e. The number of fused-ring (bicyclic) bond motifs is 1. The molecule has 0 aliphatic carbocycles. The van der Waals surface area contributed by atoms with Crippen LogP contribution in [0.2, 0.25) is 0 Å². The van der Waals surface area contributed by atoms with Crippen molar-refractivity contribution in [2.75, 3.05) is 18.4 Å². The summed E-state index contributed by atoms with van der Waals surface area (Å²) in [5, 5.41) is 6.18. The molecule has 5 nitrogen and oxygen atoms in total. The number of nitrogens with zero attached hydrogens (tertiary/aromatic N) is 1. The number of aromatic nitrogens is 2. The average Bonchev–Trinajstić information content (AvgIpc) is 3.31. The Morgan fingerprint density at radius 2 is 2.00 bits per heavy atom. The highest BCUT2D eigenvalue weighted by Gasteiger charge is 2.16. The van der Waals surface area contributed by atoms with Gasteiger partial charge in [0.2, 0.25) is 5.91 Å². The van der Waals surface area contributed by atoms with Crippen molar-refractivity contribution in [2.45, 2.75) is 19.3 Å². The van der Waals surface area contributed by atoms with Gasteiger partial charge in [0.25, 0.3) is 0 Å². The summed E-state index contributed by atoms with van der Waals surface area (Å²) in [5.41, 5.74) is 1.98. The molecule has 29 heavy (non-hydrogen) atoms. The van der Waals surface area contributed by atoms with E-state index >= 15 is 0 Å². The van der Waals surface area contributed by atoms with Gasteiger partial charge in [-0.05, 0) is 68.2 Å². The van der Waals surface area contributed by atoms with Crippen LogP contribution < -0.4 is 10.6 Å². The standard InChI is InChI=1S/C20H20F2N4O.2ClH/c21-13-2-4-16(22)15(9-13)20-25-17-5-3-14(10-18(17)26-20)24-19(27)6-1-12-7-8-23-11-12;;/h2-5,9-10,12,23H,1,6-8,11H2,(H,24,27)(H,25,26);2*1H. The van der Waals surface area contributed by atoms with Crippen molar-refractivity contribution in [1.29, 1.82) is 0 Å². The van der Waals surface area contributed by atoms with Gasteiger partial charge in [0, 0.05) is 12.1 Å². The molecule has 0 spiro atoms. The molecule has 1 aliphatic heterocycles. The van der Waals surface area contributed by atoms with Crippen molar-refractivity contribution >= 4 is 47.4 Å². The lowest BCUT2D eigenvalue weighted by Gasteiger charge is -2.08. The van der Waals surface area contributed by atoms with E-state index in [-0.39, 0.29) is 42.1 Å². The molecule has 2 heterocycles. The van der Waals surface area contributed by atoms with Crippen molar-refractivity contribution in [1.82, 2.24) is 15.3 Å². The number of halogens is 4. The monoisotopic (exact) mass is 442 g/mol. The van der Waals surface area contributed by atoms with Gasteiger partial charge >= 0.3 is 0 Å². The third kappa shape index (κ3) is 5.44. The summed E-state index contributed by atoms with van der Waals surface area (Å²) in [7, 11) is 0. The third-order valence-electron chi connectivity index (χ3n) is 4.89. The number of amides is 1. The zero-order valence-electron chi connectivity index (χ0n) is 15.5. The lowest BCUT2D eigenvalue weighted by molar-refractivity contribution is -0.116. The lowest BCUT2D eigenvalue weighted by Crippen LogP contribution is -2.14. The van der Waals surface area contributed by atoms with E-state index in [9.17, 15) is 13.6 Å². The number of aromatic amines is 1. The van der Waals surface area contributed by atoms with Crippen molar-refractivity contribution in [3.05, 3.63) is 48.0 Å². The first-order chi connectivity index (χ1) is 13.1. The summed E-state index contributed by atoms with van der Waals surface area (Å²) in [5.74, 6) is -0.298. The molecule has 0 radical (unpaired) electrons. The smallest absolute Gasteiger partial charge is 0.224 e. The number of hydrogen-bond donors (Lipinski definition) is 3. The highest BCUT2D eigenvalue weighted by Crippen LogP contribution is 2.25. The van der Waals surface area contributed by atoms with Gasteiger partial charge in [-0.15, -0.1) is 24.8 Å². The van der Waals surface area contributed by atoms with Gasteiger partial charge in [0.1, 0.15) is 17.5 Å². The SMILES string of the molecule is Cl.Cl.O=C(CCC1CCNC1)Nc1ccc2nc(-c3cc(F)ccc3F)[nH]c2c1. The first-order valence-corrected chi connectivity index (χ1v) is 9.04. The van der Waals surface area contributed by atoms with Gasteiger partial charge in [-0.3, -0.25) is 4.79 Å². The van der Waals surface area contributed by atoms with Gasteiger partial charge in [0.05, 0.1) is 16.6 Å². The van der Waals surface area contributed by atoms with Crippen LogP contribution in [0.1, 0.15) is 19.3 Å². The molecular weight excluding hydrogens is 421 g/mol. The van der Waals surface area contributed by atoms with E-state index in [0.29, 0.717) is 29.1 Å². The molecule has 0 saturated carbocycles. The van der Waals surface area contributed by atoms with Crippen LogP contribution in [0.15, 0.2) is 36.4 Å². The second-order valence-corrected chi connectivity index (χ2v) is 6.89. The minimum absolute atomic E-state index is 0. The van der Waals surface area contributed by atoms with Crippen molar-refractivity contribution in [3.8, 4) is 11.4 Å². The van der Waals surface area contributed by atoms with Crippen LogP contribution in [-0.4, -0.2) is 29.0 Å². The summed E-state index contributed by atoms with van der Waals surface area (Å²) < 4.78 is 27.4. The fraction of sp³-hybridized carbons (Fsp3) is 0.300. The van der Waals surface area contributed by atoms with Crippen LogP contribution in [0.3, 0.4) is 0 Å². The Bertz CT molecular complexity index is 990. The molecule has 1 atom stereocenters. The Morgan fingerprint density at radius 3 is 2.76 bits per heavy atom. The highest BCUT2D eigenvalue weighted by atomic mass is 35.5. The predicted molar refractivity (Wildman–Crippen MR) is 115 cm³/mol. The molecule has 1 aromatic heterocycles. The largest absolute Gasteiger partial charge is 0.338 e. The molecule has 1 amide bonds. The van der Waals surface area contributed by atoms with Crippen molar-refractivity contribution in [3.63, 3.8) is 0 Å². The molecule has 1 saturated heterocycles. The van der Waals surface area contributed by atoms with Gasteiger partial charge in [-0.1, -0.05) is 0 Å². The minimum atomic E-state index is -0.551. The van der Waals surface area contributed by atoms with E-state index < -0.39 is 11.6 Å². The predicted octanol–water partition coefficient (Wildman–Crippen LogP) is 4.68. The van der Waals surface area contributed by atoms with E-state index in [1.807, 2.05) is 0 Å². The average molecular weight is 443 g/mol. The van der Waals surface area contributed by atoms with E-state index in [0.717, 1.165) is 44.1 Å². The van der Waals surface area contributed by atoms with Crippen molar-refractivity contribution in [2.24, 2.45) is 5.92 Å². The molecular formula is C20H22Cl2F2N4O. The number of carbonyl (C=O) groups is 1. The topological polar surface area (TPSA) is 69.8 Å². The van der Waals surface area contributed by atoms with Crippen molar-refractivity contribution < 1.29 is 13.6 Å². The van der Waals surface area contributed by atoms with E-state index in [4.69, 9.17) is 0 Å². The van der Waals surface area contributed by atoms with Crippen LogP contribution in [-0.2, 0) is 4.79 Å². The zero-order chi connectivity index (χ0) is 18.8. The Hall–Kier alpha value is -2.22. The quantitative estimate of drug-likeness (QED) is 0.537. The first kappa shape index (κ1) is 23.1.